The van der Waals surface area contributed by atoms with Gasteiger partial charge in [-0.25, -0.2) is 4.79 Å². The first kappa shape index (κ1) is 19.9. The number of rotatable bonds is 7. The standard InChI is InChI=1S/C15H14N6O5S2/c16-20-18-5-8-6-27-14-11(13(23)21(14)12(8)15(24)25)19-10(22)7-28(26)9-1-3-17-4-2-9/h1-4,11,14H,5-7H2,(H,19,22)(H,24,25)/t11?,14-,28?/m0/s1. The van der Waals surface area contributed by atoms with Crippen molar-refractivity contribution in [2.24, 2.45) is 5.11 Å². The van der Waals surface area contributed by atoms with Gasteiger partial charge in [0.2, 0.25) is 5.91 Å². The van der Waals surface area contributed by atoms with Gasteiger partial charge in [-0.15, -0.1) is 11.8 Å². The first-order chi connectivity index (χ1) is 13.4. The Labute approximate surface area is 165 Å². The second kappa shape index (κ2) is 8.42. The number of amides is 2. The number of carboxylic acid groups (broad SMARTS) is 1. The van der Waals surface area contributed by atoms with Crippen LogP contribution in [0.15, 0.2) is 45.8 Å². The topological polar surface area (TPSA) is 165 Å². The quantitative estimate of drug-likeness (QED) is 0.275. The largest absolute Gasteiger partial charge is 0.477 e. The van der Waals surface area contributed by atoms with Gasteiger partial charge in [0.1, 0.15) is 22.9 Å². The third-order valence-corrected chi connectivity index (χ3v) is 6.73. The number of carbonyl (C=O) groups excluding carboxylic acids is 2. The Bertz CT molecular complexity index is 930. The Morgan fingerprint density at radius 1 is 1.46 bits per heavy atom. The highest BCUT2D eigenvalue weighted by atomic mass is 32.2. The molecule has 0 bridgehead atoms. The van der Waals surface area contributed by atoms with E-state index >= 15 is 0 Å². The zero-order valence-electron chi connectivity index (χ0n) is 14.2. The van der Waals surface area contributed by atoms with Gasteiger partial charge in [0.25, 0.3) is 5.91 Å². The molecule has 1 saturated heterocycles. The van der Waals surface area contributed by atoms with Gasteiger partial charge < -0.3 is 10.4 Å². The molecular formula is C15H14N6O5S2. The van der Waals surface area contributed by atoms with Gasteiger partial charge in [0.05, 0.1) is 17.3 Å². The molecule has 0 radical (unpaired) electrons. The van der Waals surface area contributed by atoms with Crippen LogP contribution in [0.3, 0.4) is 0 Å². The van der Waals surface area contributed by atoms with Crippen molar-refractivity contribution in [3.05, 3.63) is 46.2 Å². The van der Waals surface area contributed by atoms with Gasteiger partial charge in [-0.1, -0.05) is 5.11 Å². The highest BCUT2D eigenvalue weighted by Gasteiger charge is 2.54. The summed E-state index contributed by atoms with van der Waals surface area (Å²) in [6, 6.07) is 2.17. The lowest BCUT2D eigenvalue weighted by atomic mass is 10.0. The van der Waals surface area contributed by atoms with Crippen molar-refractivity contribution >= 4 is 40.3 Å². The fraction of sp³-hybridized carbons (Fsp3) is 0.333. The van der Waals surface area contributed by atoms with E-state index in [1.54, 1.807) is 0 Å². The molecule has 28 heavy (non-hydrogen) atoms. The number of thioether (sulfide) groups is 1. The number of nitrogens with one attached hydrogen (secondary N) is 1. The first-order valence-corrected chi connectivity index (χ1v) is 10.3. The molecular weight excluding hydrogens is 408 g/mol. The fourth-order valence-electron chi connectivity index (χ4n) is 2.83. The van der Waals surface area contributed by atoms with E-state index in [1.165, 1.54) is 36.3 Å². The number of azide groups is 1. The van der Waals surface area contributed by atoms with Crippen LogP contribution in [0, 0.1) is 0 Å². The van der Waals surface area contributed by atoms with E-state index in [9.17, 15) is 23.7 Å². The highest BCUT2D eigenvalue weighted by Crippen LogP contribution is 2.40. The molecule has 13 heteroatoms. The lowest BCUT2D eigenvalue weighted by molar-refractivity contribution is -0.150. The van der Waals surface area contributed by atoms with E-state index < -0.39 is 40.0 Å². The molecule has 1 fully saturated rings. The van der Waals surface area contributed by atoms with Gasteiger partial charge in [-0.3, -0.25) is 23.7 Å². The Kier molecular flexibility index (Phi) is 5.97. The number of fused-ring (bicyclic) bond motifs is 1. The molecule has 3 heterocycles. The number of carboxylic acids is 1. The van der Waals surface area contributed by atoms with Gasteiger partial charge in [-0.05, 0) is 23.2 Å². The van der Waals surface area contributed by atoms with E-state index in [1.807, 2.05) is 0 Å². The number of aromatic nitrogens is 1. The lowest BCUT2D eigenvalue weighted by Gasteiger charge is -2.49. The van der Waals surface area contributed by atoms with Crippen molar-refractivity contribution in [1.82, 2.24) is 15.2 Å². The molecule has 0 spiro atoms. The molecule has 3 rings (SSSR count). The Balaban J connectivity index is 1.67. The third kappa shape index (κ3) is 3.86. The maximum absolute atomic E-state index is 12.4. The fourth-order valence-corrected chi connectivity index (χ4v) is 5.08. The Hall–Kier alpha value is -2.89. The number of carbonyl (C=O) groups is 3. The van der Waals surface area contributed by atoms with E-state index in [0.29, 0.717) is 10.5 Å². The molecule has 11 nitrogen and oxygen atoms in total. The molecule has 1 aromatic rings. The van der Waals surface area contributed by atoms with E-state index in [4.69, 9.17) is 5.53 Å². The van der Waals surface area contributed by atoms with Gasteiger partial charge >= 0.3 is 5.97 Å². The summed E-state index contributed by atoms with van der Waals surface area (Å²) in [7, 11) is -1.59. The second-order valence-electron chi connectivity index (χ2n) is 5.77. The van der Waals surface area contributed by atoms with Crippen LogP contribution >= 0.6 is 11.8 Å². The minimum absolute atomic E-state index is 0.149. The molecule has 2 amide bonds. The number of pyridine rings is 1. The summed E-state index contributed by atoms with van der Waals surface area (Å²) < 4.78 is 12.2. The van der Waals surface area contributed by atoms with Crippen LogP contribution in [0.25, 0.3) is 10.4 Å². The Morgan fingerprint density at radius 3 is 2.82 bits per heavy atom. The van der Waals surface area contributed by atoms with Crippen LogP contribution in [0.5, 0.6) is 0 Å². The summed E-state index contributed by atoms with van der Waals surface area (Å²) in [6.45, 7) is -0.149. The molecule has 2 aliphatic rings. The predicted octanol–water partition coefficient (Wildman–Crippen LogP) is 0.238. The molecule has 0 aliphatic carbocycles. The van der Waals surface area contributed by atoms with Crippen LogP contribution in [-0.2, 0) is 25.2 Å². The number of hydrogen-bond donors (Lipinski definition) is 2. The zero-order valence-corrected chi connectivity index (χ0v) is 15.9. The van der Waals surface area contributed by atoms with Crippen molar-refractivity contribution in [2.75, 3.05) is 18.1 Å². The number of aliphatic carboxylic acids is 1. The van der Waals surface area contributed by atoms with Crippen molar-refractivity contribution in [2.45, 2.75) is 16.3 Å². The van der Waals surface area contributed by atoms with Gasteiger partial charge in [0, 0.05) is 28.0 Å². The lowest BCUT2D eigenvalue weighted by Crippen LogP contribution is -2.70. The van der Waals surface area contributed by atoms with Crippen molar-refractivity contribution < 1.29 is 23.7 Å². The third-order valence-electron chi connectivity index (χ3n) is 4.07. The molecule has 146 valence electrons. The number of β-lactam (4-membered cyclic amide) rings is 1. The molecule has 2 aliphatic heterocycles. The molecule has 2 unspecified atom stereocenters. The molecule has 0 saturated carbocycles. The average Bonchev–Trinajstić information content (AvgIpc) is 2.70. The van der Waals surface area contributed by atoms with Crippen LogP contribution in [0.4, 0.5) is 0 Å². The van der Waals surface area contributed by atoms with Gasteiger partial charge in [0.15, 0.2) is 0 Å². The van der Waals surface area contributed by atoms with E-state index in [0.717, 1.165) is 4.90 Å². The van der Waals surface area contributed by atoms with E-state index in [-0.39, 0.29) is 23.7 Å². The zero-order chi connectivity index (χ0) is 20.3. The summed E-state index contributed by atoms with van der Waals surface area (Å²) in [5, 5.41) is 14.7. The summed E-state index contributed by atoms with van der Waals surface area (Å²) in [6.07, 6.45) is 2.93. The smallest absolute Gasteiger partial charge is 0.352 e. The monoisotopic (exact) mass is 422 g/mol. The van der Waals surface area contributed by atoms with Crippen LogP contribution in [0.2, 0.25) is 0 Å². The highest BCUT2D eigenvalue weighted by molar-refractivity contribution is 8.00. The SMILES string of the molecule is [N-]=[N+]=NCC1=C(C(=O)O)N2C(=O)C(NC(=O)CS(=O)c3ccncc3)[C@@H]2SC1. The summed E-state index contributed by atoms with van der Waals surface area (Å²) in [5.74, 6) is -2.52. The van der Waals surface area contributed by atoms with Gasteiger partial charge in [-0.2, -0.15) is 0 Å². The number of hydrogen-bond acceptors (Lipinski definition) is 7. The summed E-state index contributed by atoms with van der Waals surface area (Å²) in [4.78, 5) is 44.1. The first-order valence-electron chi connectivity index (χ1n) is 7.92. The minimum atomic E-state index is -1.59. The maximum Gasteiger partial charge on any atom is 0.352 e. The van der Waals surface area contributed by atoms with Crippen LogP contribution in [-0.4, -0.2) is 66.4 Å². The van der Waals surface area contributed by atoms with E-state index in [2.05, 4.69) is 20.3 Å². The minimum Gasteiger partial charge on any atom is -0.477 e. The Morgan fingerprint density at radius 2 is 2.18 bits per heavy atom. The van der Waals surface area contributed by atoms with Crippen molar-refractivity contribution in [3.8, 4) is 0 Å². The van der Waals surface area contributed by atoms with Crippen LogP contribution in [0.1, 0.15) is 0 Å². The second-order valence-corrected chi connectivity index (χ2v) is 8.33. The normalized spacial score (nSPS) is 21.9. The summed E-state index contributed by atoms with van der Waals surface area (Å²) >= 11 is 1.26. The molecule has 3 atom stereocenters. The molecule has 0 aromatic carbocycles. The average molecular weight is 422 g/mol. The summed E-state index contributed by atoms with van der Waals surface area (Å²) in [5.41, 5.74) is 8.55. The van der Waals surface area contributed by atoms with Crippen molar-refractivity contribution in [1.29, 1.82) is 0 Å². The number of nitrogens with zero attached hydrogens (tertiary/aromatic N) is 5. The molecule has 1 aromatic heterocycles. The van der Waals surface area contributed by atoms with Crippen LogP contribution < -0.4 is 5.32 Å². The molecule has 2 N–H and O–H groups in total. The van der Waals surface area contributed by atoms with Crippen molar-refractivity contribution in [3.63, 3.8) is 0 Å². The predicted molar refractivity (Wildman–Crippen MR) is 99.2 cm³/mol. The maximum atomic E-state index is 12.4.